The Balaban J connectivity index is 1.54. The van der Waals surface area contributed by atoms with Crippen LogP contribution in [0.15, 0.2) is 23.3 Å². The molecule has 1 aromatic rings. The minimum absolute atomic E-state index is 0.0950. The first-order chi connectivity index (χ1) is 19.9. The van der Waals surface area contributed by atoms with E-state index < -0.39 is 27.1 Å². The van der Waals surface area contributed by atoms with E-state index in [0.717, 1.165) is 31.2 Å². The summed E-state index contributed by atoms with van der Waals surface area (Å²) in [7, 11) is 0. The van der Waals surface area contributed by atoms with Gasteiger partial charge in [0.2, 0.25) is 0 Å². The Bertz CT molecular complexity index is 1190. The van der Waals surface area contributed by atoms with Crippen LogP contribution in [0, 0.1) is 60.6 Å². The predicted molar refractivity (Wildman–Crippen MR) is 163 cm³/mol. The van der Waals surface area contributed by atoms with Crippen LogP contribution in [0.2, 0.25) is 0 Å². The van der Waals surface area contributed by atoms with Crippen LogP contribution in [0.1, 0.15) is 105 Å². The van der Waals surface area contributed by atoms with E-state index in [2.05, 4.69) is 38.2 Å². The van der Waals surface area contributed by atoms with E-state index in [0.29, 0.717) is 31.1 Å². The van der Waals surface area contributed by atoms with E-state index in [4.69, 9.17) is 0 Å². The first-order valence-electron chi connectivity index (χ1n) is 15.8. The number of non-ortho nitro benzene ring substituents is 1. The van der Waals surface area contributed by atoms with Crippen molar-refractivity contribution in [2.75, 3.05) is 5.43 Å². The third-order valence-electron chi connectivity index (χ3n) is 11.1. The molecule has 0 heterocycles. The Morgan fingerprint density at radius 2 is 1.83 bits per heavy atom. The molecule has 0 aliphatic heterocycles. The summed E-state index contributed by atoms with van der Waals surface area (Å²) in [5.41, 5.74) is 1.83. The van der Waals surface area contributed by atoms with E-state index in [1.54, 1.807) is 6.21 Å². The number of aliphatic hydroxyl groups is 1. The van der Waals surface area contributed by atoms with Crippen LogP contribution in [-0.4, -0.2) is 33.1 Å². The molecular formula is C32H48N4O6. The molecule has 0 amide bonds. The molecule has 232 valence electrons. The van der Waals surface area contributed by atoms with Gasteiger partial charge < -0.3 is 5.11 Å². The molecule has 0 bridgehead atoms. The molecule has 0 aromatic heterocycles. The average Bonchev–Trinajstić information content (AvgIpc) is 3.27. The van der Waals surface area contributed by atoms with Gasteiger partial charge in [0.15, 0.2) is 0 Å². The summed E-state index contributed by atoms with van der Waals surface area (Å²) in [6.45, 7) is 9.13. The zero-order valence-corrected chi connectivity index (χ0v) is 25.6. The molecule has 42 heavy (non-hydrogen) atoms. The summed E-state index contributed by atoms with van der Waals surface area (Å²) < 4.78 is 0. The Morgan fingerprint density at radius 1 is 1.07 bits per heavy atom. The molecule has 2 N–H and O–H groups in total. The number of nitro groups is 2. The highest BCUT2D eigenvalue weighted by atomic mass is 16.6. The van der Waals surface area contributed by atoms with Crippen molar-refractivity contribution in [3.63, 3.8) is 0 Å². The molecule has 5 unspecified atom stereocenters. The molecule has 4 rings (SSSR count). The number of hydrazone groups is 1. The van der Waals surface area contributed by atoms with Crippen LogP contribution in [0.25, 0.3) is 0 Å². The van der Waals surface area contributed by atoms with Gasteiger partial charge in [0.1, 0.15) is 11.5 Å². The number of benzene rings is 1. The fourth-order valence-electron chi connectivity index (χ4n) is 8.65. The van der Waals surface area contributed by atoms with Crippen LogP contribution >= 0.6 is 0 Å². The Labute approximate surface area is 249 Å². The molecular weight excluding hydrogens is 536 g/mol. The van der Waals surface area contributed by atoms with Crippen molar-refractivity contribution < 1.29 is 19.7 Å². The standard InChI is InChI=1S/C32H48N4O6/c1-21(2)7-5-6-8-22-9-11-26-25(15-18-33-34-28-12-10-23(35(39)40)19-29(28)36(41)42)27(14-17-31(22,26)3)32(4)16-13-24(37)20-30(32)38/h10,12,18-19,21-22,24-27,34,37H,5-9,11,13-17,20H2,1-4H3/b33-18+/t22-,24?,25-,26?,27?,31?,32?/m0/s1. The van der Waals surface area contributed by atoms with Gasteiger partial charge in [0.05, 0.1) is 22.0 Å². The third kappa shape index (κ3) is 6.68. The second-order valence-corrected chi connectivity index (χ2v) is 14.0. The summed E-state index contributed by atoms with van der Waals surface area (Å²) in [6.07, 6.45) is 12.9. The van der Waals surface area contributed by atoms with Crippen molar-refractivity contribution in [3.8, 4) is 0 Å². The molecule has 3 aliphatic rings. The summed E-state index contributed by atoms with van der Waals surface area (Å²) in [4.78, 5) is 34.7. The van der Waals surface area contributed by atoms with Crippen molar-refractivity contribution >= 4 is 29.1 Å². The smallest absolute Gasteiger partial charge is 0.301 e. The summed E-state index contributed by atoms with van der Waals surface area (Å²) in [6, 6.07) is 3.46. The number of fused-ring (bicyclic) bond motifs is 1. The quantitative estimate of drug-likeness (QED) is 0.111. The van der Waals surface area contributed by atoms with E-state index in [1.165, 1.54) is 44.2 Å². The van der Waals surface area contributed by atoms with Crippen molar-refractivity contribution in [1.82, 2.24) is 0 Å². The maximum absolute atomic E-state index is 13.4. The molecule has 3 saturated carbocycles. The maximum Gasteiger partial charge on any atom is 0.301 e. The Hall–Kier alpha value is -2.88. The first-order valence-corrected chi connectivity index (χ1v) is 15.8. The third-order valence-corrected chi connectivity index (χ3v) is 11.1. The molecule has 10 heteroatoms. The van der Waals surface area contributed by atoms with Gasteiger partial charge in [-0.25, -0.2) is 0 Å². The van der Waals surface area contributed by atoms with E-state index in [1.807, 2.05) is 0 Å². The second kappa shape index (κ2) is 13.2. The maximum atomic E-state index is 13.4. The number of Topliss-reactive ketones (excluding diaryl/α,β-unsaturated/α-hetero) is 1. The molecule has 7 atom stereocenters. The predicted octanol–water partition coefficient (Wildman–Crippen LogP) is 7.69. The Kier molecular flexibility index (Phi) is 10.1. The average molecular weight is 585 g/mol. The number of carbonyl (C=O) groups excluding carboxylic acids is 1. The van der Waals surface area contributed by atoms with E-state index in [-0.39, 0.29) is 40.8 Å². The second-order valence-electron chi connectivity index (χ2n) is 14.0. The fourth-order valence-corrected chi connectivity index (χ4v) is 8.65. The number of nitrogens with one attached hydrogen (secondary N) is 1. The van der Waals surface area contributed by atoms with Gasteiger partial charge in [-0.15, -0.1) is 0 Å². The van der Waals surface area contributed by atoms with E-state index >= 15 is 0 Å². The topological polar surface area (TPSA) is 148 Å². The molecule has 3 aliphatic carbocycles. The highest BCUT2D eigenvalue weighted by molar-refractivity contribution is 5.86. The Morgan fingerprint density at radius 3 is 2.50 bits per heavy atom. The zero-order valence-electron chi connectivity index (χ0n) is 25.6. The van der Waals surface area contributed by atoms with Crippen LogP contribution in [0.4, 0.5) is 17.1 Å². The molecule has 0 radical (unpaired) electrons. The van der Waals surface area contributed by atoms with Gasteiger partial charge in [0.25, 0.3) is 5.69 Å². The molecule has 1 aromatic carbocycles. The number of anilines is 1. The summed E-state index contributed by atoms with van der Waals surface area (Å²) in [5.74, 6) is 2.46. The van der Waals surface area contributed by atoms with Crippen LogP contribution < -0.4 is 5.43 Å². The summed E-state index contributed by atoms with van der Waals surface area (Å²) >= 11 is 0. The number of ketones is 1. The van der Waals surface area contributed by atoms with E-state index in [9.17, 15) is 30.1 Å². The van der Waals surface area contributed by atoms with Crippen molar-refractivity contribution in [3.05, 3.63) is 38.4 Å². The number of hydrogen-bond acceptors (Lipinski definition) is 8. The van der Waals surface area contributed by atoms with Crippen LogP contribution in [0.3, 0.4) is 0 Å². The number of aliphatic hydroxyl groups excluding tert-OH is 1. The number of unbranched alkanes of at least 4 members (excludes halogenated alkanes) is 1. The lowest BCUT2D eigenvalue weighted by Gasteiger charge is -2.54. The number of nitrogens with zero attached hydrogens (tertiary/aromatic N) is 3. The molecule has 10 nitrogen and oxygen atoms in total. The van der Waals surface area contributed by atoms with Crippen molar-refractivity contribution in [2.24, 2.45) is 45.5 Å². The summed E-state index contributed by atoms with van der Waals surface area (Å²) in [5, 5.41) is 37.2. The molecule has 0 spiro atoms. The largest absolute Gasteiger partial charge is 0.393 e. The lowest BCUT2D eigenvalue weighted by molar-refractivity contribution is -0.393. The number of nitro benzene ring substituents is 2. The number of carbonyl (C=O) groups is 1. The SMILES string of the molecule is CC(C)CCCC[C@H]1CCC2[C@H](C/C=N/Nc3ccc([N+](=O)[O-])cc3[N+](=O)[O-])C(C3(C)CCC(O)CC3=O)CCC21C. The van der Waals surface area contributed by atoms with Crippen LogP contribution in [0.5, 0.6) is 0 Å². The number of rotatable bonds is 12. The lowest BCUT2D eigenvalue weighted by atomic mass is 9.50. The normalized spacial score (nSPS) is 33.2. The van der Waals surface area contributed by atoms with Gasteiger partial charge in [-0.3, -0.25) is 30.4 Å². The van der Waals surface area contributed by atoms with Crippen molar-refractivity contribution in [2.45, 2.75) is 111 Å². The molecule has 0 saturated heterocycles. The highest BCUT2D eigenvalue weighted by Gasteiger charge is 2.58. The van der Waals surface area contributed by atoms with Crippen LogP contribution in [-0.2, 0) is 4.79 Å². The van der Waals surface area contributed by atoms with Gasteiger partial charge >= 0.3 is 5.69 Å². The molecule has 3 fully saturated rings. The zero-order chi connectivity index (χ0) is 30.7. The van der Waals surface area contributed by atoms with Gasteiger partial charge in [-0.05, 0) is 92.4 Å². The first kappa shape index (κ1) is 32.0. The minimum Gasteiger partial charge on any atom is -0.393 e. The highest BCUT2D eigenvalue weighted by Crippen LogP contribution is 2.64. The van der Waals surface area contributed by atoms with Gasteiger partial charge in [-0.2, -0.15) is 5.10 Å². The fraction of sp³-hybridized carbons (Fsp3) is 0.750. The van der Waals surface area contributed by atoms with Crippen molar-refractivity contribution in [1.29, 1.82) is 0 Å². The lowest BCUT2D eigenvalue weighted by Crippen LogP contribution is -2.51. The minimum atomic E-state index is -0.661. The van der Waals surface area contributed by atoms with Gasteiger partial charge in [-0.1, -0.05) is 47.0 Å². The number of hydrogen-bond donors (Lipinski definition) is 2. The van der Waals surface area contributed by atoms with Gasteiger partial charge in [0, 0.05) is 24.1 Å². The monoisotopic (exact) mass is 584 g/mol.